The maximum absolute atomic E-state index is 12.5. The summed E-state index contributed by atoms with van der Waals surface area (Å²) >= 11 is 13.3. The lowest BCUT2D eigenvalue weighted by Crippen LogP contribution is -2.22. The molecule has 4 aromatic rings. The van der Waals surface area contributed by atoms with Gasteiger partial charge in [0.1, 0.15) is 5.82 Å². The molecular formula is C23H22Cl2N6O3S. The number of aliphatic hydroxyl groups excluding tert-OH is 1. The van der Waals surface area contributed by atoms with Crippen molar-refractivity contribution >= 4 is 57.3 Å². The first-order valence-corrected chi connectivity index (χ1v) is 12.5. The summed E-state index contributed by atoms with van der Waals surface area (Å²) in [5.41, 5.74) is 0.984. The van der Waals surface area contributed by atoms with E-state index in [0.717, 1.165) is 5.39 Å². The van der Waals surface area contributed by atoms with Gasteiger partial charge in [0, 0.05) is 30.6 Å². The van der Waals surface area contributed by atoms with Crippen molar-refractivity contribution in [3.63, 3.8) is 0 Å². The van der Waals surface area contributed by atoms with Gasteiger partial charge in [0.15, 0.2) is 5.16 Å². The number of anilines is 1. The predicted molar refractivity (Wildman–Crippen MR) is 137 cm³/mol. The lowest BCUT2D eigenvalue weighted by atomic mass is 10.1. The van der Waals surface area contributed by atoms with E-state index in [1.54, 1.807) is 31.3 Å². The summed E-state index contributed by atoms with van der Waals surface area (Å²) in [7, 11) is 1.61. The van der Waals surface area contributed by atoms with Gasteiger partial charge in [0.2, 0.25) is 5.91 Å². The summed E-state index contributed by atoms with van der Waals surface area (Å²) in [5.74, 6) is 0.443. The van der Waals surface area contributed by atoms with E-state index in [-0.39, 0.29) is 23.8 Å². The van der Waals surface area contributed by atoms with Gasteiger partial charge in [0.25, 0.3) is 5.56 Å². The van der Waals surface area contributed by atoms with Gasteiger partial charge >= 0.3 is 0 Å². The number of aliphatic hydroxyl groups is 1. The van der Waals surface area contributed by atoms with Crippen LogP contribution < -0.4 is 10.9 Å². The fraction of sp³-hybridized carbons (Fsp3) is 0.261. The number of nitrogens with one attached hydrogen (secondary N) is 1. The van der Waals surface area contributed by atoms with Crippen LogP contribution in [0.5, 0.6) is 0 Å². The Kier molecular flexibility index (Phi) is 8.07. The molecule has 0 saturated heterocycles. The first-order chi connectivity index (χ1) is 16.9. The van der Waals surface area contributed by atoms with E-state index < -0.39 is 0 Å². The molecule has 0 unspecified atom stereocenters. The topological polar surface area (TPSA) is 115 Å². The third-order valence-corrected chi connectivity index (χ3v) is 6.74. The largest absolute Gasteiger partial charge is 0.396 e. The number of nitrogens with zero attached hydrogens (tertiary/aromatic N) is 5. The molecule has 0 aliphatic rings. The fourth-order valence-corrected chi connectivity index (χ4v) is 4.81. The smallest absolute Gasteiger partial charge is 0.274 e. The monoisotopic (exact) mass is 532 g/mol. The number of amides is 1. The molecule has 0 bridgehead atoms. The van der Waals surface area contributed by atoms with Crippen LogP contribution in [0.3, 0.4) is 0 Å². The standard InChI is InChI=1S/C23H22Cl2N6O3S/c1-30-22(34)16-6-3-2-5-15(16)19(29-30)12-20-27-28-23(31(20)9-4-10-32)35-13-21(33)26-18-8-7-14(24)11-17(18)25/h2-3,5-8,11,32H,4,9-10,12-13H2,1H3,(H,26,33). The Morgan fingerprint density at radius 3 is 2.66 bits per heavy atom. The minimum absolute atomic E-state index is 0.00169. The lowest BCUT2D eigenvalue weighted by Gasteiger charge is -2.11. The highest BCUT2D eigenvalue weighted by molar-refractivity contribution is 7.99. The van der Waals surface area contributed by atoms with Gasteiger partial charge in [-0.1, -0.05) is 53.2 Å². The van der Waals surface area contributed by atoms with Gasteiger partial charge in [-0.3, -0.25) is 9.59 Å². The van der Waals surface area contributed by atoms with Crippen molar-refractivity contribution in [2.24, 2.45) is 7.05 Å². The van der Waals surface area contributed by atoms with Crippen molar-refractivity contribution in [3.8, 4) is 0 Å². The van der Waals surface area contributed by atoms with E-state index in [4.69, 9.17) is 23.2 Å². The van der Waals surface area contributed by atoms with Crippen LogP contribution in [0.25, 0.3) is 10.8 Å². The average molecular weight is 533 g/mol. The second-order valence-electron chi connectivity index (χ2n) is 7.69. The van der Waals surface area contributed by atoms with Crippen LogP contribution in [0, 0.1) is 0 Å². The van der Waals surface area contributed by atoms with E-state index in [0.29, 0.717) is 57.2 Å². The van der Waals surface area contributed by atoms with Crippen molar-refractivity contribution < 1.29 is 9.90 Å². The van der Waals surface area contributed by atoms with Gasteiger partial charge < -0.3 is 15.0 Å². The molecule has 0 radical (unpaired) electrons. The molecule has 0 fully saturated rings. The number of aromatic nitrogens is 5. The predicted octanol–water partition coefficient (Wildman–Crippen LogP) is 3.54. The first kappa shape index (κ1) is 25.2. The number of benzene rings is 2. The van der Waals surface area contributed by atoms with Gasteiger partial charge in [-0.15, -0.1) is 10.2 Å². The Morgan fingerprint density at radius 1 is 1.14 bits per heavy atom. The van der Waals surface area contributed by atoms with Crippen molar-refractivity contribution in [2.45, 2.75) is 24.5 Å². The normalized spacial score (nSPS) is 11.2. The van der Waals surface area contributed by atoms with Gasteiger partial charge in [-0.25, -0.2) is 4.68 Å². The number of fused-ring (bicyclic) bond motifs is 1. The highest BCUT2D eigenvalue weighted by Crippen LogP contribution is 2.26. The average Bonchev–Trinajstić information content (AvgIpc) is 3.22. The molecular weight excluding hydrogens is 511 g/mol. The molecule has 2 N–H and O–H groups in total. The third-order valence-electron chi connectivity index (χ3n) is 5.23. The molecule has 2 heterocycles. The van der Waals surface area contributed by atoms with Gasteiger partial charge in [0.05, 0.1) is 34.0 Å². The molecule has 35 heavy (non-hydrogen) atoms. The van der Waals surface area contributed by atoms with Crippen molar-refractivity contribution in [3.05, 3.63) is 74.4 Å². The molecule has 0 aliphatic carbocycles. The van der Waals surface area contributed by atoms with Crippen molar-refractivity contribution in [1.29, 1.82) is 0 Å². The summed E-state index contributed by atoms with van der Waals surface area (Å²) in [5, 5.41) is 27.9. The van der Waals surface area contributed by atoms with E-state index in [1.165, 1.54) is 16.4 Å². The number of hydrogen-bond donors (Lipinski definition) is 2. The molecule has 9 nitrogen and oxygen atoms in total. The summed E-state index contributed by atoms with van der Waals surface area (Å²) in [4.78, 5) is 24.9. The van der Waals surface area contributed by atoms with Crippen LogP contribution in [0.1, 0.15) is 17.9 Å². The second-order valence-corrected chi connectivity index (χ2v) is 9.47. The summed E-state index contributed by atoms with van der Waals surface area (Å²) < 4.78 is 3.18. The van der Waals surface area contributed by atoms with Crippen LogP contribution in [-0.4, -0.2) is 47.9 Å². The number of carbonyl (C=O) groups excluding carboxylic acids is 1. The number of halogens is 2. The van der Waals surface area contributed by atoms with Crippen LogP contribution in [0.2, 0.25) is 10.0 Å². The Hall–Kier alpha value is -2.92. The summed E-state index contributed by atoms with van der Waals surface area (Å²) in [6.45, 7) is 0.466. The minimum atomic E-state index is -0.261. The number of rotatable bonds is 9. The van der Waals surface area contributed by atoms with Crippen LogP contribution in [0.4, 0.5) is 5.69 Å². The number of carbonyl (C=O) groups is 1. The molecule has 0 saturated carbocycles. The van der Waals surface area contributed by atoms with E-state index in [1.807, 2.05) is 22.8 Å². The fourth-order valence-electron chi connectivity index (χ4n) is 3.57. The number of aryl methyl sites for hydroxylation is 1. The number of hydrogen-bond acceptors (Lipinski definition) is 7. The van der Waals surface area contributed by atoms with Crippen molar-refractivity contribution in [1.82, 2.24) is 24.5 Å². The Labute approximate surface area is 215 Å². The molecule has 182 valence electrons. The van der Waals surface area contributed by atoms with Crippen molar-refractivity contribution in [2.75, 3.05) is 17.7 Å². The zero-order valence-corrected chi connectivity index (χ0v) is 21.1. The zero-order valence-electron chi connectivity index (χ0n) is 18.7. The Balaban J connectivity index is 1.55. The van der Waals surface area contributed by atoms with E-state index in [2.05, 4.69) is 20.6 Å². The van der Waals surface area contributed by atoms with Crippen LogP contribution >= 0.6 is 35.0 Å². The lowest BCUT2D eigenvalue weighted by molar-refractivity contribution is -0.113. The maximum Gasteiger partial charge on any atom is 0.274 e. The quantitative estimate of drug-likeness (QED) is 0.317. The Bertz CT molecular complexity index is 1440. The highest BCUT2D eigenvalue weighted by atomic mass is 35.5. The molecule has 2 aromatic carbocycles. The van der Waals surface area contributed by atoms with E-state index in [9.17, 15) is 14.7 Å². The summed E-state index contributed by atoms with van der Waals surface area (Å²) in [6.07, 6.45) is 0.826. The molecule has 0 aliphatic heterocycles. The van der Waals surface area contributed by atoms with Crippen LogP contribution in [-0.2, 0) is 24.8 Å². The molecule has 12 heteroatoms. The zero-order chi connectivity index (χ0) is 24.9. The second kappa shape index (κ2) is 11.2. The van der Waals surface area contributed by atoms with Gasteiger partial charge in [-0.2, -0.15) is 5.10 Å². The third kappa shape index (κ3) is 5.84. The first-order valence-electron chi connectivity index (χ1n) is 10.7. The maximum atomic E-state index is 12.5. The highest BCUT2D eigenvalue weighted by Gasteiger charge is 2.18. The molecule has 2 aromatic heterocycles. The summed E-state index contributed by atoms with van der Waals surface area (Å²) in [6, 6.07) is 12.1. The SMILES string of the molecule is Cn1nc(Cc2nnc(SCC(=O)Nc3ccc(Cl)cc3Cl)n2CCCO)c2ccccc2c1=O. The molecule has 1 amide bonds. The van der Waals surface area contributed by atoms with Gasteiger partial charge in [-0.05, 0) is 30.7 Å². The number of thioether (sulfide) groups is 1. The Morgan fingerprint density at radius 2 is 1.91 bits per heavy atom. The molecule has 4 rings (SSSR count). The molecule has 0 spiro atoms. The molecule has 0 atom stereocenters. The minimum Gasteiger partial charge on any atom is -0.396 e. The van der Waals surface area contributed by atoms with E-state index >= 15 is 0 Å². The van der Waals surface area contributed by atoms with Crippen LogP contribution in [0.15, 0.2) is 52.4 Å².